The summed E-state index contributed by atoms with van der Waals surface area (Å²) >= 11 is 0. The van der Waals surface area contributed by atoms with Crippen LogP contribution in [0.15, 0.2) is 54.9 Å². The number of anilines is 1. The van der Waals surface area contributed by atoms with Crippen LogP contribution in [0.4, 0.5) is 5.82 Å². The van der Waals surface area contributed by atoms with Crippen molar-refractivity contribution in [3.63, 3.8) is 0 Å². The van der Waals surface area contributed by atoms with E-state index in [2.05, 4.69) is 41.5 Å². The summed E-state index contributed by atoms with van der Waals surface area (Å²) in [6.45, 7) is 4.98. The van der Waals surface area contributed by atoms with Gasteiger partial charge in [0, 0.05) is 37.0 Å². The predicted molar refractivity (Wildman–Crippen MR) is 113 cm³/mol. The van der Waals surface area contributed by atoms with Crippen molar-refractivity contribution in [2.45, 2.75) is 39.3 Å². The molecule has 1 aliphatic rings. The minimum absolute atomic E-state index is 0.0740. The molecule has 1 amide bonds. The molecule has 0 radical (unpaired) electrons. The van der Waals surface area contributed by atoms with Crippen molar-refractivity contribution in [1.29, 1.82) is 0 Å². The zero-order valence-electron chi connectivity index (χ0n) is 16.8. The van der Waals surface area contributed by atoms with Gasteiger partial charge in [-0.05, 0) is 30.5 Å². The molecule has 2 aromatic heterocycles. The zero-order chi connectivity index (χ0) is 20.2. The number of hydrogen-bond donors (Lipinski definition) is 1. The van der Waals surface area contributed by atoms with E-state index in [9.17, 15) is 4.79 Å². The van der Waals surface area contributed by atoms with Gasteiger partial charge >= 0.3 is 0 Å². The van der Waals surface area contributed by atoms with Crippen molar-refractivity contribution in [3.05, 3.63) is 71.7 Å². The molecule has 1 N–H and O–H groups in total. The van der Waals surface area contributed by atoms with Crippen LogP contribution in [-0.4, -0.2) is 32.3 Å². The standard InChI is InChI=1S/C23H25N5O/c1-3-20(17-7-5-4-6-8-17)25-23-19-11-14-28(16(2)29)15-21(19)26-22(27-23)18-9-12-24-13-10-18/h4-10,12-13,20H,3,11,14-15H2,1-2H3,(H,25,26,27)/t20-/m0/s1. The van der Waals surface area contributed by atoms with Crippen molar-refractivity contribution >= 4 is 11.7 Å². The van der Waals surface area contributed by atoms with Crippen molar-refractivity contribution in [2.24, 2.45) is 0 Å². The molecule has 0 fully saturated rings. The summed E-state index contributed by atoms with van der Waals surface area (Å²) in [5.74, 6) is 1.59. The number of carbonyl (C=O) groups is 1. The van der Waals surface area contributed by atoms with E-state index in [-0.39, 0.29) is 11.9 Å². The predicted octanol–water partition coefficient (Wildman–Crippen LogP) is 4.01. The molecule has 3 aromatic rings. The lowest BCUT2D eigenvalue weighted by molar-refractivity contribution is -0.129. The molecule has 3 heterocycles. The normalized spacial score (nSPS) is 14.2. The van der Waals surface area contributed by atoms with E-state index in [1.165, 1.54) is 5.56 Å². The largest absolute Gasteiger partial charge is 0.363 e. The van der Waals surface area contributed by atoms with Gasteiger partial charge in [-0.25, -0.2) is 9.97 Å². The molecule has 6 heteroatoms. The molecule has 4 rings (SSSR count). The smallest absolute Gasteiger partial charge is 0.219 e. The van der Waals surface area contributed by atoms with Gasteiger partial charge in [-0.3, -0.25) is 9.78 Å². The summed E-state index contributed by atoms with van der Waals surface area (Å²) in [6.07, 6.45) is 5.17. The van der Waals surface area contributed by atoms with Gasteiger partial charge < -0.3 is 10.2 Å². The first-order chi connectivity index (χ1) is 14.2. The Labute approximate surface area is 171 Å². The fraction of sp³-hybridized carbons (Fsp3) is 0.304. The second-order valence-corrected chi connectivity index (χ2v) is 7.26. The Morgan fingerprint density at radius 2 is 1.90 bits per heavy atom. The number of rotatable bonds is 5. The van der Waals surface area contributed by atoms with E-state index in [0.29, 0.717) is 18.9 Å². The molecule has 0 aliphatic carbocycles. The third kappa shape index (κ3) is 4.11. The van der Waals surface area contributed by atoms with Gasteiger partial charge in [0.15, 0.2) is 5.82 Å². The number of nitrogens with zero attached hydrogens (tertiary/aromatic N) is 4. The van der Waals surface area contributed by atoms with Crippen LogP contribution in [0, 0.1) is 0 Å². The molecule has 1 aromatic carbocycles. The zero-order valence-corrected chi connectivity index (χ0v) is 16.8. The number of carbonyl (C=O) groups excluding carboxylic acids is 1. The Kier molecular flexibility index (Phi) is 5.51. The van der Waals surface area contributed by atoms with Gasteiger partial charge in [-0.2, -0.15) is 0 Å². The van der Waals surface area contributed by atoms with E-state index in [1.807, 2.05) is 23.1 Å². The van der Waals surface area contributed by atoms with Gasteiger partial charge in [-0.1, -0.05) is 37.3 Å². The number of nitrogens with one attached hydrogen (secondary N) is 1. The monoisotopic (exact) mass is 387 g/mol. The summed E-state index contributed by atoms with van der Waals surface area (Å²) in [7, 11) is 0. The lowest BCUT2D eigenvalue weighted by Crippen LogP contribution is -2.35. The fourth-order valence-electron chi connectivity index (χ4n) is 3.72. The summed E-state index contributed by atoms with van der Waals surface area (Å²) in [6, 6.07) is 14.4. The lowest BCUT2D eigenvalue weighted by atomic mass is 10.0. The number of pyridine rings is 1. The highest BCUT2D eigenvalue weighted by Gasteiger charge is 2.25. The average molecular weight is 387 g/mol. The molecule has 0 saturated heterocycles. The SMILES string of the molecule is CC[C@H](Nc1nc(-c2ccncc2)nc2c1CCN(C(C)=O)C2)c1ccccc1. The highest BCUT2D eigenvalue weighted by Crippen LogP contribution is 2.30. The van der Waals surface area contributed by atoms with E-state index < -0.39 is 0 Å². The molecule has 0 bridgehead atoms. The minimum Gasteiger partial charge on any atom is -0.363 e. The number of amides is 1. The molecule has 6 nitrogen and oxygen atoms in total. The Balaban J connectivity index is 1.76. The Morgan fingerprint density at radius 1 is 1.14 bits per heavy atom. The van der Waals surface area contributed by atoms with E-state index in [0.717, 1.165) is 35.5 Å². The summed E-state index contributed by atoms with van der Waals surface area (Å²) < 4.78 is 0. The summed E-state index contributed by atoms with van der Waals surface area (Å²) in [5.41, 5.74) is 4.17. The van der Waals surface area contributed by atoms with Crippen LogP contribution >= 0.6 is 0 Å². The Morgan fingerprint density at radius 3 is 2.59 bits per heavy atom. The van der Waals surface area contributed by atoms with E-state index in [1.54, 1.807) is 19.3 Å². The van der Waals surface area contributed by atoms with Gasteiger partial charge in [0.1, 0.15) is 5.82 Å². The van der Waals surface area contributed by atoms with Crippen LogP contribution in [0.5, 0.6) is 0 Å². The van der Waals surface area contributed by atoms with Crippen LogP contribution in [0.1, 0.15) is 43.1 Å². The highest BCUT2D eigenvalue weighted by atomic mass is 16.2. The molecule has 0 unspecified atom stereocenters. The van der Waals surface area contributed by atoms with Crippen LogP contribution in [-0.2, 0) is 17.8 Å². The first-order valence-corrected chi connectivity index (χ1v) is 10.0. The molecule has 148 valence electrons. The van der Waals surface area contributed by atoms with Gasteiger partial charge in [0.2, 0.25) is 5.91 Å². The van der Waals surface area contributed by atoms with Crippen LogP contribution in [0.3, 0.4) is 0 Å². The van der Waals surface area contributed by atoms with Crippen molar-refractivity contribution in [1.82, 2.24) is 19.9 Å². The summed E-state index contributed by atoms with van der Waals surface area (Å²) in [5, 5.41) is 3.66. The molecule has 0 saturated carbocycles. The number of aromatic nitrogens is 3. The number of benzene rings is 1. The lowest BCUT2D eigenvalue weighted by Gasteiger charge is -2.30. The molecule has 29 heavy (non-hydrogen) atoms. The van der Waals surface area contributed by atoms with Gasteiger partial charge in [-0.15, -0.1) is 0 Å². The maximum Gasteiger partial charge on any atom is 0.219 e. The van der Waals surface area contributed by atoms with E-state index in [4.69, 9.17) is 9.97 Å². The quantitative estimate of drug-likeness (QED) is 0.716. The highest BCUT2D eigenvalue weighted by molar-refractivity contribution is 5.74. The fourth-order valence-corrected chi connectivity index (χ4v) is 3.72. The Hall–Kier alpha value is -3.28. The second-order valence-electron chi connectivity index (χ2n) is 7.26. The molecular weight excluding hydrogens is 362 g/mol. The number of fused-ring (bicyclic) bond motifs is 1. The van der Waals surface area contributed by atoms with Crippen LogP contribution in [0.2, 0.25) is 0 Å². The van der Waals surface area contributed by atoms with Crippen molar-refractivity contribution < 1.29 is 4.79 Å². The number of hydrogen-bond acceptors (Lipinski definition) is 5. The van der Waals surface area contributed by atoms with Gasteiger partial charge in [0.25, 0.3) is 0 Å². The Bertz CT molecular complexity index is 991. The third-order valence-electron chi connectivity index (χ3n) is 5.37. The molecule has 1 aliphatic heterocycles. The maximum absolute atomic E-state index is 11.9. The van der Waals surface area contributed by atoms with Crippen LogP contribution in [0.25, 0.3) is 11.4 Å². The minimum atomic E-state index is 0.0740. The second kappa shape index (κ2) is 8.39. The van der Waals surface area contributed by atoms with Gasteiger partial charge in [0.05, 0.1) is 18.3 Å². The first-order valence-electron chi connectivity index (χ1n) is 10.0. The topological polar surface area (TPSA) is 71.0 Å². The molecule has 0 spiro atoms. The van der Waals surface area contributed by atoms with Crippen molar-refractivity contribution in [2.75, 3.05) is 11.9 Å². The van der Waals surface area contributed by atoms with E-state index >= 15 is 0 Å². The first kappa shape index (κ1) is 19.1. The third-order valence-corrected chi connectivity index (χ3v) is 5.37. The molecule has 1 atom stereocenters. The molecular formula is C23H25N5O. The summed E-state index contributed by atoms with van der Waals surface area (Å²) in [4.78, 5) is 27.5. The maximum atomic E-state index is 11.9. The van der Waals surface area contributed by atoms with Crippen LogP contribution < -0.4 is 5.32 Å². The van der Waals surface area contributed by atoms with Crippen molar-refractivity contribution in [3.8, 4) is 11.4 Å². The average Bonchev–Trinajstić information content (AvgIpc) is 2.77.